The Labute approximate surface area is 148 Å². The monoisotopic (exact) mass is 353 g/mol. The molecule has 0 atom stereocenters. The Kier molecular flexibility index (Phi) is 3.73. The molecule has 3 aromatic rings. The zero-order valence-corrected chi connectivity index (χ0v) is 14.1. The summed E-state index contributed by atoms with van der Waals surface area (Å²) in [6, 6.07) is 11.7. The van der Waals surface area contributed by atoms with Crippen molar-refractivity contribution < 1.29 is 9.18 Å². The third-order valence-corrected chi connectivity index (χ3v) is 4.57. The van der Waals surface area contributed by atoms with E-state index < -0.39 is 0 Å². The topological polar surface area (TPSA) is 47.2 Å². The number of aldehydes is 1. The average molecular weight is 354 g/mol. The van der Waals surface area contributed by atoms with Crippen LogP contribution < -0.4 is 0 Å². The summed E-state index contributed by atoms with van der Waals surface area (Å²) < 4.78 is 15.7. The summed E-state index contributed by atoms with van der Waals surface area (Å²) in [6.45, 7) is 2.04. The quantitative estimate of drug-likeness (QED) is 0.650. The number of carbonyl (C=O) groups excluding carboxylic acids is 1. The maximum Gasteiger partial charge on any atom is 0.168 e. The van der Waals surface area contributed by atoms with Crippen molar-refractivity contribution in [3.63, 3.8) is 0 Å². The number of fused-ring (bicyclic) bond motifs is 3. The molecule has 1 aliphatic rings. The molecule has 4 rings (SSSR count). The Balaban J connectivity index is 2.04. The summed E-state index contributed by atoms with van der Waals surface area (Å²) in [6.07, 6.45) is 0.763. The zero-order valence-electron chi connectivity index (χ0n) is 13.3. The number of aromatic nitrogens is 2. The summed E-state index contributed by atoms with van der Waals surface area (Å²) in [5.41, 5.74) is 3.60. The zero-order chi connectivity index (χ0) is 17.6. The summed E-state index contributed by atoms with van der Waals surface area (Å²) in [4.78, 5) is 20.6. The van der Waals surface area contributed by atoms with Gasteiger partial charge in [0, 0.05) is 16.1 Å². The lowest BCUT2D eigenvalue weighted by Gasteiger charge is -2.14. The van der Waals surface area contributed by atoms with Gasteiger partial charge in [-0.05, 0) is 31.2 Å². The highest BCUT2D eigenvalue weighted by Gasteiger charge is 2.24. The van der Waals surface area contributed by atoms with Crippen LogP contribution in [0.25, 0.3) is 5.69 Å². The van der Waals surface area contributed by atoms with Crippen LogP contribution in [0.4, 0.5) is 4.39 Å². The molecule has 0 radical (unpaired) electrons. The van der Waals surface area contributed by atoms with Crippen LogP contribution in [0.2, 0.25) is 5.02 Å². The van der Waals surface area contributed by atoms with E-state index in [0.29, 0.717) is 44.8 Å². The van der Waals surface area contributed by atoms with Crippen LogP contribution in [0.15, 0.2) is 47.5 Å². The molecule has 2 heterocycles. The minimum atomic E-state index is -0.383. The molecule has 0 aliphatic carbocycles. The Morgan fingerprint density at radius 1 is 1.20 bits per heavy atom. The third kappa shape index (κ3) is 2.48. The second-order valence-electron chi connectivity index (χ2n) is 5.76. The standard InChI is InChI=1S/C19H13ClFN3O/c1-11-17(10-25)24-16-7-6-12(21)8-14(16)19(22-9-18(24)23-11)13-4-2-3-5-15(13)20/h2-8,10H,9H2,1H3. The van der Waals surface area contributed by atoms with E-state index in [9.17, 15) is 9.18 Å². The Bertz CT molecular complexity index is 1040. The number of hydrogen-bond donors (Lipinski definition) is 0. The van der Waals surface area contributed by atoms with Gasteiger partial charge in [-0.1, -0.05) is 29.8 Å². The SMILES string of the molecule is Cc1nc2n(c1C=O)-c1ccc(F)cc1C(c1ccccc1Cl)=NC2. The van der Waals surface area contributed by atoms with Crippen LogP contribution in [-0.4, -0.2) is 21.5 Å². The molecule has 0 spiro atoms. The average Bonchev–Trinajstić information content (AvgIpc) is 2.84. The van der Waals surface area contributed by atoms with Gasteiger partial charge in [0.2, 0.25) is 0 Å². The van der Waals surface area contributed by atoms with Gasteiger partial charge in [0.25, 0.3) is 0 Å². The van der Waals surface area contributed by atoms with Gasteiger partial charge >= 0.3 is 0 Å². The van der Waals surface area contributed by atoms with Crippen molar-refractivity contribution in [2.24, 2.45) is 4.99 Å². The largest absolute Gasteiger partial charge is 0.296 e. The van der Waals surface area contributed by atoms with Crippen LogP contribution >= 0.6 is 11.6 Å². The van der Waals surface area contributed by atoms with Crippen LogP contribution in [0.3, 0.4) is 0 Å². The van der Waals surface area contributed by atoms with Gasteiger partial charge in [-0.25, -0.2) is 9.37 Å². The van der Waals surface area contributed by atoms with Gasteiger partial charge in [0.1, 0.15) is 17.3 Å². The highest BCUT2D eigenvalue weighted by atomic mass is 35.5. The van der Waals surface area contributed by atoms with Gasteiger partial charge in [-0.3, -0.25) is 14.4 Å². The first-order chi connectivity index (χ1) is 12.1. The molecule has 1 aromatic heterocycles. The van der Waals surface area contributed by atoms with Crippen molar-refractivity contribution >= 4 is 23.6 Å². The third-order valence-electron chi connectivity index (χ3n) is 4.24. The maximum absolute atomic E-state index is 14.0. The molecule has 0 amide bonds. The molecule has 124 valence electrons. The molecular weight excluding hydrogens is 341 g/mol. The van der Waals surface area contributed by atoms with E-state index in [0.717, 1.165) is 6.29 Å². The Morgan fingerprint density at radius 3 is 2.76 bits per heavy atom. The van der Waals surface area contributed by atoms with Gasteiger partial charge in [-0.2, -0.15) is 0 Å². The van der Waals surface area contributed by atoms with Gasteiger partial charge < -0.3 is 0 Å². The van der Waals surface area contributed by atoms with E-state index in [2.05, 4.69) is 9.98 Å². The fourth-order valence-electron chi connectivity index (χ4n) is 3.13. The maximum atomic E-state index is 14.0. The van der Waals surface area contributed by atoms with Crippen molar-refractivity contribution in [1.82, 2.24) is 9.55 Å². The second kappa shape index (κ2) is 5.93. The molecule has 0 saturated carbocycles. The van der Waals surface area contributed by atoms with E-state index >= 15 is 0 Å². The van der Waals surface area contributed by atoms with E-state index in [4.69, 9.17) is 11.6 Å². The number of rotatable bonds is 2. The molecule has 6 heteroatoms. The minimum Gasteiger partial charge on any atom is -0.296 e. The van der Waals surface area contributed by atoms with Crippen LogP contribution in [0, 0.1) is 12.7 Å². The molecule has 1 aliphatic heterocycles. The van der Waals surface area contributed by atoms with E-state index in [-0.39, 0.29) is 12.4 Å². The van der Waals surface area contributed by atoms with E-state index in [1.807, 2.05) is 18.2 Å². The minimum absolute atomic E-state index is 0.269. The Hall–Kier alpha value is -2.79. The first-order valence-electron chi connectivity index (χ1n) is 7.73. The lowest BCUT2D eigenvalue weighted by molar-refractivity contribution is 0.111. The first-order valence-corrected chi connectivity index (χ1v) is 8.11. The lowest BCUT2D eigenvalue weighted by atomic mass is 10.00. The lowest BCUT2D eigenvalue weighted by Crippen LogP contribution is -2.10. The van der Waals surface area contributed by atoms with Crippen molar-refractivity contribution in [1.29, 1.82) is 0 Å². The molecular formula is C19H13ClFN3O. The van der Waals surface area contributed by atoms with Crippen molar-refractivity contribution in [3.8, 4) is 5.69 Å². The molecule has 25 heavy (non-hydrogen) atoms. The van der Waals surface area contributed by atoms with E-state index in [1.165, 1.54) is 12.1 Å². The normalized spacial score (nSPS) is 12.8. The first kappa shape index (κ1) is 15.7. The highest BCUT2D eigenvalue weighted by molar-refractivity contribution is 6.35. The second-order valence-corrected chi connectivity index (χ2v) is 6.17. The van der Waals surface area contributed by atoms with Gasteiger partial charge in [-0.15, -0.1) is 0 Å². The molecule has 0 unspecified atom stereocenters. The molecule has 0 bridgehead atoms. The van der Waals surface area contributed by atoms with Crippen molar-refractivity contribution in [2.75, 3.05) is 0 Å². The predicted octanol–water partition coefficient (Wildman–Crippen LogP) is 4.14. The predicted molar refractivity (Wildman–Crippen MR) is 94.4 cm³/mol. The van der Waals surface area contributed by atoms with Crippen molar-refractivity contribution in [3.05, 3.63) is 81.6 Å². The molecule has 0 N–H and O–H groups in total. The fourth-order valence-corrected chi connectivity index (χ4v) is 3.35. The van der Waals surface area contributed by atoms with Crippen molar-refractivity contribution in [2.45, 2.75) is 13.5 Å². The summed E-state index contributed by atoms with van der Waals surface area (Å²) in [7, 11) is 0. The Morgan fingerprint density at radius 2 is 2.00 bits per heavy atom. The molecule has 0 fully saturated rings. The van der Waals surface area contributed by atoms with Crippen LogP contribution in [0.5, 0.6) is 0 Å². The fraction of sp³-hybridized carbons (Fsp3) is 0.105. The number of hydrogen-bond acceptors (Lipinski definition) is 3. The number of imidazole rings is 1. The van der Waals surface area contributed by atoms with Gasteiger partial charge in [0.05, 0.1) is 23.6 Å². The molecule has 0 saturated heterocycles. The summed E-state index contributed by atoms with van der Waals surface area (Å²) in [5, 5.41) is 0.530. The highest BCUT2D eigenvalue weighted by Crippen LogP contribution is 2.30. The summed E-state index contributed by atoms with van der Waals surface area (Å²) in [5.74, 6) is 0.251. The number of halogens is 2. The number of carbonyl (C=O) groups is 1. The summed E-state index contributed by atoms with van der Waals surface area (Å²) >= 11 is 6.33. The van der Waals surface area contributed by atoms with Crippen LogP contribution in [-0.2, 0) is 6.54 Å². The van der Waals surface area contributed by atoms with Crippen LogP contribution in [0.1, 0.15) is 33.1 Å². The number of nitrogens with zero attached hydrogens (tertiary/aromatic N) is 3. The molecule has 4 nitrogen and oxygen atoms in total. The number of benzene rings is 2. The van der Waals surface area contributed by atoms with E-state index in [1.54, 1.807) is 23.6 Å². The smallest absolute Gasteiger partial charge is 0.168 e. The number of aliphatic imine (C=N–C) groups is 1. The molecule has 2 aromatic carbocycles. The van der Waals surface area contributed by atoms with Gasteiger partial charge in [0.15, 0.2) is 6.29 Å². The number of aryl methyl sites for hydroxylation is 1.